The molecule has 0 saturated heterocycles. The molecule has 0 spiro atoms. The summed E-state index contributed by atoms with van der Waals surface area (Å²) in [6.07, 6.45) is 0.690. The lowest BCUT2D eigenvalue weighted by molar-refractivity contribution is 0.264. The zero-order valence-corrected chi connectivity index (χ0v) is 11.5. The maximum atomic E-state index is 13.1. The molecular weight excluding hydrogens is 255 g/mol. The molecule has 0 aliphatic heterocycles. The molecule has 0 amide bonds. The predicted molar refractivity (Wildman–Crippen MR) is 77.9 cm³/mol. The Hall–Kier alpha value is -1.91. The largest absolute Gasteiger partial charge is 0.492 e. The highest BCUT2D eigenvalue weighted by atomic mass is 19.1. The maximum absolute atomic E-state index is 13.1. The lowest BCUT2D eigenvalue weighted by Crippen LogP contribution is -2.41. The van der Waals surface area contributed by atoms with Gasteiger partial charge in [-0.1, -0.05) is 24.3 Å². The van der Waals surface area contributed by atoms with Crippen LogP contribution in [0.2, 0.25) is 0 Å². The molecule has 0 aliphatic carbocycles. The summed E-state index contributed by atoms with van der Waals surface area (Å²) in [4.78, 5) is 0. The average Bonchev–Trinajstić information content (AvgIpc) is 2.46. The van der Waals surface area contributed by atoms with Gasteiger partial charge in [0.05, 0.1) is 6.04 Å². The second-order valence-corrected chi connectivity index (χ2v) is 4.76. The molecule has 0 radical (unpaired) electrons. The van der Waals surface area contributed by atoms with Crippen molar-refractivity contribution < 1.29 is 9.13 Å². The fourth-order valence-corrected chi connectivity index (χ4v) is 2.03. The topological polar surface area (TPSA) is 47.3 Å². The van der Waals surface area contributed by atoms with E-state index in [2.05, 4.69) is 5.43 Å². The SMILES string of the molecule is Cc1cc(F)ccc1CC(COc1ccccc1)NN. The number of nitrogens with two attached hydrogens (primary N) is 1. The van der Waals surface area contributed by atoms with Gasteiger partial charge in [-0.15, -0.1) is 0 Å². The summed E-state index contributed by atoms with van der Waals surface area (Å²) in [6, 6.07) is 14.3. The Morgan fingerprint density at radius 1 is 1.20 bits per heavy atom. The minimum atomic E-state index is -0.218. The number of hydrogen-bond donors (Lipinski definition) is 2. The number of hydrogen-bond acceptors (Lipinski definition) is 3. The van der Waals surface area contributed by atoms with Crippen LogP contribution in [0.4, 0.5) is 4.39 Å². The number of rotatable bonds is 6. The molecule has 2 aromatic carbocycles. The third kappa shape index (κ3) is 4.05. The van der Waals surface area contributed by atoms with Gasteiger partial charge in [0.1, 0.15) is 18.2 Å². The van der Waals surface area contributed by atoms with Crippen molar-refractivity contribution in [3.05, 3.63) is 65.5 Å². The number of aryl methyl sites for hydroxylation is 1. The Morgan fingerprint density at radius 2 is 1.95 bits per heavy atom. The molecule has 3 N–H and O–H groups in total. The molecule has 20 heavy (non-hydrogen) atoms. The molecule has 4 heteroatoms. The molecule has 106 valence electrons. The molecule has 2 rings (SSSR count). The van der Waals surface area contributed by atoms with Crippen LogP contribution in [0, 0.1) is 12.7 Å². The van der Waals surface area contributed by atoms with E-state index in [9.17, 15) is 4.39 Å². The summed E-state index contributed by atoms with van der Waals surface area (Å²) in [5.41, 5.74) is 4.73. The van der Waals surface area contributed by atoms with E-state index in [1.165, 1.54) is 12.1 Å². The predicted octanol–water partition coefficient (Wildman–Crippen LogP) is 2.59. The van der Waals surface area contributed by atoms with Gasteiger partial charge >= 0.3 is 0 Å². The van der Waals surface area contributed by atoms with E-state index in [4.69, 9.17) is 10.6 Å². The lowest BCUT2D eigenvalue weighted by atomic mass is 10.0. The van der Waals surface area contributed by atoms with Gasteiger partial charge in [-0.05, 0) is 48.7 Å². The van der Waals surface area contributed by atoms with Crippen LogP contribution in [0.25, 0.3) is 0 Å². The third-order valence-electron chi connectivity index (χ3n) is 3.20. The van der Waals surface area contributed by atoms with Crippen molar-refractivity contribution >= 4 is 0 Å². The van der Waals surface area contributed by atoms with Crippen LogP contribution >= 0.6 is 0 Å². The van der Waals surface area contributed by atoms with E-state index < -0.39 is 0 Å². The quantitative estimate of drug-likeness (QED) is 0.629. The van der Waals surface area contributed by atoms with Gasteiger partial charge in [0.2, 0.25) is 0 Å². The fourth-order valence-electron chi connectivity index (χ4n) is 2.03. The van der Waals surface area contributed by atoms with Crippen molar-refractivity contribution in [1.82, 2.24) is 5.43 Å². The van der Waals surface area contributed by atoms with E-state index >= 15 is 0 Å². The van der Waals surface area contributed by atoms with E-state index in [1.54, 1.807) is 6.07 Å². The number of hydrazine groups is 1. The number of halogens is 1. The summed E-state index contributed by atoms with van der Waals surface area (Å²) in [7, 11) is 0. The van der Waals surface area contributed by atoms with Crippen LogP contribution < -0.4 is 16.0 Å². The first-order valence-corrected chi connectivity index (χ1v) is 6.58. The molecule has 1 unspecified atom stereocenters. The van der Waals surface area contributed by atoms with Gasteiger partial charge in [0.15, 0.2) is 0 Å². The fraction of sp³-hybridized carbons (Fsp3) is 0.250. The summed E-state index contributed by atoms with van der Waals surface area (Å²) in [5.74, 6) is 6.15. The van der Waals surface area contributed by atoms with E-state index in [0.29, 0.717) is 13.0 Å². The van der Waals surface area contributed by atoms with Gasteiger partial charge in [-0.25, -0.2) is 4.39 Å². The summed E-state index contributed by atoms with van der Waals surface area (Å²) < 4.78 is 18.7. The first kappa shape index (κ1) is 14.5. The molecule has 2 aromatic rings. The highest BCUT2D eigenvalue weighted by Gasteiger charge is 2.11. The second kappa shape index (κ2) is 7.03. The Bertz CT molecular complexity index is 545. The molecule has 0 saturated carbocycles. The molecule has 0 bridgehead atoms. The molecule has 1 atom stereocenters. The summed E-state index contributed by atoms with van der Waals surface area (Å²) in [6.45, 7) is 2.35. The highest BCUT2D eigenvalue weighted by molar-refractivity contribution is 5.27. The Balaban J connectivity index is 1.95. The van der Waals surface area contributed by atoms with Crippen LogP contribution in [0.15, 0.2) is 48.5 Å². The molecule has 0 heterocycles. The summed E-state index contributed by atoms with van der Waals surface area (Å²) in [5, 5.41) is 0. The minimum absolute atomic E-state index is 0.0284. The standard InChI is InChI=1S/C16H19FN2O/c1-12-9-14(17)8-7-13(12)10-15(19-18)11-20-16-5-3-2-4-6-16/h2-9,15,19H,10-11,18H2,1H3. The highest BCUT2D eigenvalue weighted by Crippen LogP contribution is 2.14. The third-order valence-corrected chi connectivity index (χ3v) is 3.20. The maximum Gasteiger partial charge on any atom is 0.123 e. The lowest BCUT2D eigenvalue weighted by Gasteiger charge is -2.18. The number of ether oxygens (including phenoxy) is 1. The van der Waals surface area contributed by atoms with E-state index in [1.807, 2.05) is 37.3 Å². The Labute approximate surface area is 118 Å². The molecule has 0 aromatic heterocycles. The molecule has 0 fully saturated rings. The van der Waals surface area contributed by atoms with Crippen molar-refractivity contribution in [1.29, 1.82) is 0 Å². The molecular formula is C16H19FN2O. The summed E-state index contributed by atoms with van der Waals surface area (Å²) >= 11 is 0. The minimum Gasteiger partial charge on any atom is -0.492 e. The first-order chi connectivity index (χ1) is 9.69. The van der Waals surface area contributed by atoms with Crippen molar-refractivity contribution in [2.24, 2.45) is 5.84 Å². The smallest absolute Gasteiger partial charge is 0.123 e. The van der Waals surface area contributed by atoms with Gasteiger partial charge < -0.3 is 4.74 Å². The van der Waals surface area contributed by atoms with Gasteiger partial charge in [0, 0.05) is 0 Å². The Morgan fingerprint density at radius 3 is 2.60 bits per heavy atom. The number of nitrogens with one attached hydrogen (secondary N) is 1. The zero-order valence-electron chi connectivity index (χ0n) is 11.5. The van der Waals surface area contributed by atoms with E-state index in [-0.39, 0.29) is 11.9 Å². The monoisotopic (exact) mass is 274 g/mol. The average molecular weight is 274 g/mol. The van der Waals surface area contributed by atoms with Crippen LogP contribution in [0.1, 0.15) is 11.1 Å². The van der Waals surface area contributed by atoms with Crippen LogP contribution in [-0.2, 0) is 6.42 Å². The zero-order chi connectivity index (χ0) is 14.4. The van der Waals surface area contributed by atoms with Gasteiger partial charge in [0.25, 0.3) is 0 Å². The molecule has 0 aliphatic rings. The van der Waals surface area contributed by atoms with E-state index in [0.717, 1.165) is 16.9 Å². The number of benzene rings is 2. The Kier molecular flexibility index (Phi) is 5.09. The molecule has 3 nitrogen and oxygen atoms in total. The number of para-hydroxylation sites is 1. The van der Waals surface area contributed by atoms with Crippen molar-refractivity contribution in [3.63, 3.8) is 0 Å². The van der Waals surface area contributed by atoms with Crippen LogP contribution in [-0.4, -0.2) is 12.6 Å². The van der Waals surface area contributed by atoms with Crippen molar-refractivity contribution in [2.75, 3.05) is 6.61 Å². The van der Waals surface area contributed by atoms with Gasteiger partial charge in [-0.2, -0.15) is 0 Å². The van der Waals surface area contributed by atoms with Crippen LogP contribution in [0.3, 0.4) is 0 Å². The van der Waals surface area contributed by atoms with Crippen LogP contribution in [0.5, 0.6) is 5.75 Å². The van der Waals surface area contributed by atoms with Crippen molar-refractivity contribution in [3.8, 4) is 5.75 Å². The normalized spacial score (nSPS) is 12.2. The van der Waals surface area contributed by atoms with Crippen molar-refractivity contribution in [2.45, 2.75) is 19.4 Å². The first-order valence-electron chi connectivity index (χ1n) is 6.58. The second-order valence-electron chi connectivity index (χ2n) is 4.76. The van der Waals surface area contributed by atoms with Gasteiger partial charge in [-0.3, -0.25) is 11.3 Å².